The van der Waals surface area contributed by atoms with Crippen molar-refractivity contribution in [2.24, 2.45) is 5.92 Å². The number of rotatable bonds is 31. The maximum absolute atomic E-state index is 13.7. The number of likely N-dealkylation sites (tertiary alicyclic amines) is 2. The lowest BCUT2D eigenvalue weighted by Crippen LogP contribution is -2.42. The maximum atomic E-state index is 13.7. The van der Waals surface area contributed by atoms with E-state index in [-0.39, 0.29) is 129 Å². The molecule has 4 bridgehead atoms. The fraction of sp³-hybridized carbons (Fsp3) is 0.608. The number of pyridine rings is 4. The highest BCUT2D eigenvalue weighted by atomic mass is 32.1. The monoisotopic (exact) mass is 1970 g/mol. The predicted octanol–water partition coefficient (Wildman–Crippen LogP) is 16.9. The summed E-state index contributed by atoms with van der Waals surface area (Å²) in [5.74, 6) is 1.69. The fourth-order valence-electron chi connectivity index (χ4n) is 18.1. The molecule has 32 nitrogen and oxygen atoms in total. The molecule has 3 atom stereocenters. The van der Waals surface area contributed by atoms with Crippen LogP contribution in [0.25, 0.3) is 41.8 Å². The Hall–Kier alpha value is -10.1. The van der Waals surface area contributed by atoms with Gasteiger partial charge in [-0.25, -0.2) is 39.9 Å². The SMILES string of the molecule is CCC(C)(C)Nc1cc(C)c(-c2sc(C(=O)NCC(C)(C)O)nc2C(=O)N2CCCC[C@@H]2C)cn1.CC[C@@H](C)Nc1cc(C)c(-c2sc(C(=O)NCC(C)(C)O)nc2C(=O)N2C3CCC2CC3)cn1.Cc1cc(NC(C)(C)C2CC2)ncc1-c1sc(C(=O)NCC(C)(C)O)nc1C(=O)N1CCCC[C@@H]1C.Cc1cc(NC(C)C)ncc1-c1sc(C(=O)NCC(C)(C)O)nc1C(=O)N1C2CCC1CC2. The van der Waals surface area contributed by atoms with Gasteiger partial charge in [0, 0.05) is 146 Å². The van der Waals surface area contributed by atoms with E-state index >= 15 is 0 Å². The third-order valence-corrected chi connectivity index (χ3v) is 30.9. The van der Waals surface area contributed by atoms with Crippen LogP contribution >= 0.6 is 45.3 Å². The first-order valence-corrected chi connectivity index (χ1v) is 52.3. The van der Waals surface area contributed by atoms with E-state index in [1.54, 1.807) is 80.2 Å². The van der Waals surface area contributed by atoms with Crippen molar-refractivity contribution >= 4 is 116 Å². The van der Waals surface area contributed by atoms with Gasteiger partial charge in [0.1, 0.15) is 46.0 Å². The van der Waals surface area contributed by atoms with Crippen molar-refractivity contribution in [2.75, 3.05) is 60.5 Å². The molecule has 0 aromatic carbocycles. The van der Waals surface area contributed by atoms with Crippen LogP contribution in [0.2, 0.25) is 0 Å². The number of nitrogens with one attached hydrogen (secondary N) is 8. The Morgan fingerprint density at radius 2 is 0.674 bits per heavy atom. The lowest BCUT2D eigenvalue weighted by atomic mass is 9.98. The van der Waals surface area contributed by atoms with Crippen LogP contribution in [-0.2, 0) is 0 Å². The number of carbonyl (C=O) groups is 8. The Kier molecular flexibility index (Phi) is 34.3. The van der Waals surface area contributed by atoms with Crippen LogP contribution in [-0.4, -0.2) is 248 Å². The van der Waals surface area contributed by atoms with Crippen LogP contribution in [0.4, 0.5) is 23.3 Å². The maximum Gasteiger partial charge on any atom is 0.280 e. The molecule has 1 aliphatic carbocycles. The molecule has 6 aliphatic heterocycles. The first-order chi connectivity index (χ1) is 64.8. The molecule has 138 heavy (non-hydrogen) atoms. The number of hydrogen-bond acceptors (Lipinski definition) is 28. The second-order valence-electron chi connectivity index (χ2n) is 42.6. The van der Waals surface area contributed by atoms with Crippen LogP contribution in [0, 0.1) is 33.6 Å². The first-order valence-electron chi connectivity index (χ1n) is 49.1. The molecule has 1 saturated carbocycles. The molecular weight excluding hydrogens is 1830 g/mol. The van der Waals surface area contributed by atoms with E-state index in [2.05, 4.69) is 145 Å². The molecule has 0 spiro atoms. The number of aryl methyl sites for hydroxylation is 4. The molecule has 6 saturated heterocycles. The van der Waals surface area contributed by atoms with Crippen molar-refractivity contribution in [3.05, 3.63) is 114 Å². The second-order valence-corrected chi connectivity index (χ2v) is 46.6. The number of carbonyl (C=O) groups excluding carboxylic acids is 8. The minimum atomic E-state index is -1.05. The number of thiazole rings is 4. The minimum Gasteiger partial charge on any atom is -0.389 e. The number of anilines is 4. The molecule has 0 unspecified atom stereocenters. The average Bonchev–Trinajstić information content (AvgIpc) is 1.62. The van der Waals surface area contributed by atoms with Crippen molar-refractivity contribution < 1.29 is 58.8 Å². The molecule has 7 fully saturated rings. The largest absolute Gasteiger partial charge is 0.389 e. The van der Waals surface area contributed by atoms with Crippen LogP contribution in [0.15, 0.2) is 49.1 Å². The number of aliphatic hydroxyl groups is 4. The molecular formula is C102H146N20O12S4. The fourth-order valence-corrected chi connectivity index (χ4v) is 22.3. The van der Waals surface area contributed by atoms with Crippen molar-refractivity contribution in [1.29, 1.82) is 0 Å². The molecule has 7 aliphatic rings. The van der Waals surface area contributed by atoms with Crippen LogP contribution in [0.3, 0.4) is 0 Å². The van der Waals surface area contributed by atoms with Crippen molar-refractivity contribution in [3.8, 4) is 41.8 Å². The Morgan fingerprint density at radius 1 is 0.391 bits per heavy atom. The summed E-state index contributed by atoms with van der Waals surface area (Å²) in [7, 11) is 0. The van der Waals surface area contributed by atoms with Gasteiger partial charge in [-0.3, -0.25) is 38.4 Å². The number of hydrogen-bond donors (Lipinski definition) is 12. The van der Waals surface area contributed by atoms with E-state index < -0.39 is 46.0 Å². The molecule has 0 radical (unpaired) electrons. The number of nitrogens with zero attached hydrogens (tertiary/aromatic N) is 12. The molecule has 8 aromatic rings. The summed E-state index contributed by atoms with van der Waals surface area (Å²) in [6.45, 7) is 45.9. The Bertz CT molecular complexity index is 5670. The van der Waals surface area contributed by atoms with Gasteiger partial charge in [-0.1, -0.05) is 13.8 Å². The van der Waals surface area contributed by atoms with Gasteiger partial charge in [0.15, 0.2) is 20.0 Å². The number of piperidine rings is 2. The molecule has 14 heterocycles. The van der Waals surface area contributed by atoms with E-state index in [0.717, 1.165) is 171 Å². The lowest BCUT2D eigenvalue weighted by molar-refractivity contribution is 0.0622. The number of amides is 8. The quantitative estimate of drug-likeness (QED) is 0.0192. The third-order valence-electron chi connectivity index (χ3n) is 26.6. The summed E-state index contributed by atoms with van der Waals surface area (Å²) in [5.41, 5.74) is 3.97. The summed E-state index contributed by atoms with van der Waals surface area (Å²) in [6.07, 6.45) is 25.8. The molecule has 8 aromatic heterocycles. The summed E-state index contributed by atoms with van der Waals surface area (Å²) >= 11 is 4.80. The summed E-state index contributed by atoms with van der Waals surface area (Å²) in [6, 6.07) is 9.77. The van der Waals surface area contributed by atoms with Crippen molar-refractivity contribution in [3.63, 3.8) is 0 Å². The third kappa shape index (κ3) is 27.4. The standard InChI is InChI=1S/C27H39N5O3S.C26H39N5O3S.C25H35N5O3S.C24H33N5O3S/c1-16-13-20(31-27(5,6)18-10-11-18)28-14-19(16)22-21(25(34)32-12-8-7-9-17(32)2)30-24(36-22)23(33)29-15-26(3,4)35;1-8-25(4,5)30-19-13-16(2)18(14-27-19)21-20(24(33)31-12-10-9-11-17(31)3)29-23(35-21)22(32)28-15-26(6,7)34;1-6-15(3)28-19-11-14(2)18(12-26-19)21-20(24(32)30-16-7-8-17(30)10-9-16)29-23(34-21)22(31)27-13-25(4,5)33;1-13(2)27-18-10-14(3)17(11-25-18)20-19(23(31)29-15-6-7-16(29)9-8-15)28-22(33-20)21(30)26-12-24(4,5)32/h13-14,17-18,35H,7-12,15H2,1-6H3,(H,28,31)(H,29,33);13-14,17,34H,8-12,15H2,1-7H3,(H,27,30)(H,28,32);11-12,15-17,33H,6-10,13H2,1-5H3,(H,26,28)(H,27,31);10-11,13,15-16,32H,6-9,12H2,1-5H3,(H,25,27)(H,26,30)/t2*17-;15-,16?,17?;/m001./s1. The van der Waals surface area contributed by atoms with Crippen molar-refractivity contribution in [2.45, 2.75) is 357 Å². The van der Waals surface area contributed by atoms with Crippen molar-refractivity contribution in [1.82, 2.24) is 80.7 Å². The molecule has 12 N–H and O–H groups in total. The summed E-state index contributed by atoms with van der Waals surface area (Å²) in [4.78, 5) is 153. The highest BCUT2D eigenvalue weighted by molar-refractivity contribution is 7.18. The van der Waals surface area contributed by atoms with E-state index in [4.69, 9.17) is 0 Å². The molecule has 36 heteroatoms. The Morgan fingerprint density at radius 3 is 0.942 bits per heavy atom. The zero-order valence-electron chi connectivity index (χ0n) is 84.8. The Balaban J connectivity index is 0.000000165. The van der Waals surface area contributed by atoms with E-state index in [1.165, 1.54) is 58.2 Å². The van der Waals surface area contributed by atoms with Gasteiger partial charge in [0.05, 0.1) is 41.9 Å². The van der Waals surface area contributed by atoms with Gasteiger partial charge in [0.25, 0.3) is 47.3 Å². The topological polar surface area (TPSA) is 430 Å². The lowest BCUT2D eigenvalue weighted by Gasteiger charge is -2.33. The summed E-state index contributed by atoms with van der Waals surface area (Å²) < 4.78 is 0. The van der Waals surface area contributed by atoms with Gasteiger partial charge in [-0.2, -0.15) is 0 Å². The van der Waals surface area contributed by atoms with Gasteiger partial charge < -0.3 is 82.6 Å². The summed E-state index contributed by atoms with van der Waals surface area (Å²) in [5, 5.41) is 65.4. The molecule has 750 valence electrons. The highest BCUT2D eigenvalue weighted by Crippen LogP contribution is 2.46. The van der Waals surface area contributed by atoms with E-state index in [1.807, 2.05) is 85.4 Å². The highest BCUT2D eigenvalue weighted by Gasteiger charge is 2.47. The second kappa shape index (κ2) is 44.4. The number of fused-ring (bicyclic) bond motifs is 4. The van der Waals surface area contributed by atoms with Gasteiger partial charge >= 0.3 is 0 Å². The van der Waals surface area contributed by atoms with Crippen LogP contribution < -0.4 is 42.5 Å². The van der Waals surface area contributed by atoms with Crippen LogP contribution in [0.5, 0.6) is 0 Å². The zero-order chi connectivity index (χ0) is 101. The minimum absolute atomic E-state index is 0.0251. The zero-order valence-corrected chi connectivity index (χ0v) is 88.1. The average molecular weight is 1970 g/mol. The van der Waals surface area contributed by atoms with Gasteiger partial charge in [-0.05, 0) is 313 Å². The number of aromatic nitrogens is 8. The van der Waals surface area contributed by atoms with Gasteiger partial charge in [-0.15, -0.1) is 45.3 Å². The Labute approximate surface area is 829 Å². The molecule has 8 amide bonds. The smallest absolute Gasteiger partial charge is 0.280 e. The van der Waals surface area contributed by atoms with E-state index in [0.29, 0.717) is 61.6 Å². The molecule has 15 rings (SSSR count). The first kappa shape index (κ1) is 107. The normalized spacial score (nSPS) is 19.0. The van der Waals surface area contributed by atoms with Gasteiger partial charge in [0.2, 0.25) is 0 Å². The van der Waals surface area contributed by atoms with E-state index in [9.17, 15) is 58.8 Å². The predicted molar refractivity (Wildman–Crippen MR) is 549 cm³/mol. The van der Waals surface area contributed by atoms with Crippen LogP contribution in [0.1, 0.15) is 351 Å².